The third kappa shape index (κ3) is 2.03. The molecule has 0 amide bonds. The third-order valence-electron chi connectivity index (χ3n) is 4.79. The molecule has 20 heavy (non-hydrogen) atoms. The highest BCUT2D eigenvalue weighted by Gasteiger charge is 2.36. The van der Waals surface area contributed by atoms with Crippen LogP contribution >= 0.6 is 0 Å². The van der Waals surface area contributed by atoms with Crippen LogP contribution in [0.4, 0.5) is 4.39 Å². The molecule has 1 aromatic heterocycles. The normalized spacial score (nSPS) is 19.1. The molecule has 0 unspecified atom stereocenters. The van der Waals surface area contributed by atoms with Gasteiger partial charge in [-0.3, -0.25) is 0 Å². The van der Waals surface area contributed by atoms with E-state index in [1.54, 1.807) is 6.07 Å². The highest BCUT2D eigenvalue weighted by atomic mass is 19.1. The van der Waals surface area contributed by atoms with Crippen LogP contribution in [0.2, 0.25) is 0 Å². The molecule has 1 aliphatic carbocycles. The smallest absolute Gasteiger partial charge is 0.151 e. The highest BCUT2D eigenvalue weighted by molar-refractivity contribution is 5.76. The quantitative estimate of drug-likeness (QED) is 0.855. The lowest BCUT2D eigenvalue weighted by molar-refractivity contribution is 0.351. The van der Waals surface area contributed by atoms with E-state index < -0.39 is 0 Å². The minimum Gasteiger partial charge on any atom is -0.331 e. The average molecular weight is 275 g/mol. The summed E-state index contributed by atoms with van der Waals surface area (Å²) >= 11 is 0. The molecular weight excluding hydrogens is 253 g/mol. The fourth-order valence-corrected chi connectivity index (χ4v) is 3.58. The minimum atomic E-state index is -0.245. The molecule has 0 atom stereocenters. The van der Waals surface area contributed by atoms with Crippen molar-refractivity contribution in [1.29, 1.82) is 0 Å². The van der Waals surface area contributed by atoms with Crippen molar-refractivity contribution in [2.24, 2.45) is 12.8 Å². The van der Waals surface area contributed by atoms with Crippen molar-refractivity contribution in [1.82, 2.24) is 9.55 Å². The van der Waals surface area contributed by atoms with Gasteiger partial charge < -0.3 is 10.3 Å². The second-order valence-corrected chi connectivity index (χ2v) is 6.00. The minimum absolute atomic E-state index is 0.0866. The summed E-state index contributed by atoms with van der Waals surface area (Å²) in [6.45, 7) is 0.589. The van der Waals surface area contributed by atoms with E-state index >= 15 is 0 Å². The summed E-state index contributed by atoms with van der Waals surface area (Å²) in [5.74, 6) is 0.715. The number of benzene rings is 1. The Labute approximate surface area is 119 Å². The van der Waals surface area contributed by atoms with Gasteiger partial charge in [-0.25, -0.2) is 9.37 Å². The van der Waals surface area contributed by atoms with Gasteiger partial charge in [0, 0.05) is 19.0 Å². The zero-order chi connectivity index (χ0) is 14.2. The fraction of sp³-hybridized carbons (Fsp3) is 0.562. The van der Waals surface area contributed by atoms with Crippen LogP contribution in [0, 0.1) is 5.82 Å². The first-order valence-electron chi connectivity index (χ1n) is 7.49. The number of aryl methyl sites for hydroxylation is 1. The molecule has 1 aliphatic rings. The molecule has 3 nitrogen and oxygen atoms in total. The molecule has 0 spiro atoms. The highest BCUT2D eigenvalue weighted by Crippen LogP contribution is 2.38. The number of fused-ring (bicyclic) bond motifs is 1. The zero-order valence-electron chi connectivity index (χ0n) is 12.0. The van der Waals surface area contributed by atoms with E-state index in [-0.39, 0.29) is 11.2 Å². The maximum atomic E-state index is 13.9. The largest absolute Gasteiger partial charge is 0.331 e. The molecular formula is C16H22FN3. The fourth-order valence-electron chi connectivity index (χ4n) is 3.58. The second-order valence-electron chi connectivity index (χ2n) is 6.00. The van der Waals surface area contributed by atoms with Crippen LogP contribution in [0.15, 0.2) is 18.2 Å². The van der Waals surface area contributed by atoms with Crippen molar-refractivity contribution in [3.8, 4) is 0 Å². The summed E-state index contributed by atoms with van der Waals surface area (Å²) in [6.07, 6.45) is 7.01. The molecule has 1 saturated carbocycles. The summed E-state index contributed by atoms with van der Waals surface area (Å²) in [5, 5.41) is 0. The Morgan fingerprint density at radius 2 is 1.95 bits per heavy atom. The van der Waals surface area contributed by atoms with Crippen molar-refractivity contribution >= 4 is 11.0 Å². The number of nitrogens with two attached hydrogens (primary N) is 1. The van der Waals surface area contributed by atoms with E-state index in [9.17, 15) is 4.39 Å². The maximum Gasteiger partial charge on any atom is 0.151 e. The van der Waals surface area contributed by atoms with Gasteiger partial charge in [-0.15, -0.1) is 0 Å². The van der Waals surface area contributed by atoms with Gasteiger partial charge >= 0.3 is 0 Å². The Morgan fingerprint density at radius 3 is 2.55 bits per heavy atom. The lowest BCUT2D eigenvalue weighted by atomic mass is 9.79. The molecule has 1 heterocycles. The van der Waals surface area contributed by atoms with Gasteiger partial charge in [-0.05, 0) is 25.0 Å². The average Bonchev–Trinajstić information content (AvgIpc) is 2.66. The first-order valence-corrected chi connectivity index (χ1v) is 7.49. The molecule has 2 N–H and O–H groups in total. The zero-order valence-corrected chi connectivity index (χ0v) is 12.0. The van der Waals surface area contributed by atoms with Crippen LogP contribution in [0.5, 0.6) is 0 Å². The number of halogens is 1. The van der Waals surface area contributed by atoms with Gasteiger partial charge in [0.05, 0.1) is 5.52 Å². The van der Waals surface area contributed by atoms with Crippen molar-refractivity contribution in [3.05, 3.63) is 29.8 Å². The van der Waals surface area contributed by atoms with Crippen molar-refractivity contribution in [3.63, 3.8) is 0 Å². The molecule has 108 valence electrons. The van der Waals surface area contributed by atoms with Crippen LogP contribution in [0.1, 0.15) is 44.3 Å². The first-order chi connectivity index (χ1) is 9.68. The number of nitrogens with zero attached hydrogens (tertiary/aromatic N) is 2. The molecule has 4 heteroatoms. The van der Waals surface area contributed by atoms with Crippen LogP contribution < -0.4 is 5.73 Å². The predicted molar refractivity (Wildman–Crippen MR) is 79.1 cm³/mol. The number of para-hydroxylation sites is 1. The summed E-state index contributed by atoms with van der Waals surface area (Å²) in [6, 6.07) is 5.14. The van der Waals surface area contributed by atoms with Gasteiger partial charge in [0.2, 0.25) is 0 Å². The Hall–Kier alpha value is -1.42. The maximum absolute atomic E-state index is 13.9. The molecule has 1 aromatic carbocycles. The van der Waals surface area contributed by atoms with E-state index in [0.29, 0.717) is 12.1 Å². The van der Waals surface area contributed by atoms with Crippen LogP contribution in [0.25, 0.3) is 11.0 Å². The number of imidazole rings is 1. The Morgan fingerprint density at radius 1 is 1.25 bits per heavy atom. The molecule has 0 radical (unpaired) electrons. The van der Waals surface area contributed by atoms with E-state index in [0.717, 1.165) is 24.2 Å². The number of hydrogen-bond donors (Lipinski definition) is 1. The van der Waals surface area contributed by atoms with Crippen LogP contribution in [-0.4, -0.2) is 16.1 Å². The number of aromatic nitrogens is 2. The Balaban J connectivity index is 2.16. The lowest BCUT2D eigenvalue weighted by Gasteiger charge is -2.30. The van der Waals surface area contributed by atoms with Gasteiger partial charge in [0.15, 0.2) is 5.82 Å². The van der Waals surface area contributed by atoms with Gasteiger partial charge in [0.1, 0.15) is 11.3 Å². The lowest BCUT2D eigenvalue weighted by Crippen LogP contribution is -2.37. The number of rotatable bonds is 2. The van der Waals surface area contributed by atoms with E-state index in [2.05, 4.69) is 4.98 Å². The topological polar surface area (TPSA) is 43.8 Å². The molecule has 3 rings (SSSR count). The van der Waals surface area contributed by atoms with Gasteiger partial charge in [-0.1, -0.05) is 31.7 Å². The van der Waals surface area contributed by atoms with Crippen molar-refractivity contribution in [2.45, 2.75) is 43.9 Å². The monoisotopic (exact) mass is 275 g/mol. The summed E-state index contributed by atoms with van der Waals surface area (Å²) in [4.78, 5) is 4.63. The Bertz CT molecular complexity index is 609. The SMILES string of the molecule is Cn1c(C2(CN)CCCCCC2)nc2c(F)cccc21. The van der Waals surface area contributed by atoms with Crippen LogP contribution in [0.3, 0.4) is 0 Å². The van der Waals surface area contributed by atoms with Crippen molar-refractivity contribution in [2.75, 3.05) is 6.54 Å². The Kier molecular flexibility index (Phi) is 3.50. The third-order valence-corrected chi connectivity index (χ3v) is 4.79. The summed E-state index contributed by atoms with van der Waals surface area (Å²) in [7, 11) is 1.98. The summed E-state index contributed by atoms with van der Waals surface area (Å²) in [5.41, 5.74) is 7.37. The number of hydrogen-bond acceptors (Lipinski definition) is 2. The van der Waals surface area contributed by atoms with Gasteiger partial charge in [0.25, 0.3) is 0 Å². The first kappa shape index (κ1) is 13.6. The molecule has 0 saturated heterocycles. The predicted octanol–water partition coefficient (Wildman–Crippen LogP) is 3.26. The standard InChI is InChI=1S/C16H22FN3/c1-20-13-8-6-7-12(17)14(13)19-15(20)16(11-18)9-4-2-3-5-10-16/h6-8H,2-5,9-11,18H2,1H3. The van der Waals surface area contributed by atoms with E-state index in [1.165, 1.54) is 31.7 Å². The molecule has 1 fully saturated rings. The summed E-state index contributed by atoms with van der Waals surface area (Å²) < 4.78 is 16.0. The molecule has 0 bridgehead atoms. The van der Waals surface area contributed by atoms with E-state index in [1.807, 2.05) is 17.7 Å². The molecule has 2 aromatic rings. The molecule has 0 aliphatic heterocycles. The van der Waals surface area contributed by atoms with Gasteiger partial charge in [-0.2, -0.15) is 0 Å². The van der Waals surface area contributed by atoms with Crippen LogP contribution in [-0.2, 0) is 12.5 Å². The van der Waals surface area contributed by atoms with E-state index in [4.69, 9.17) is 5.73 Å². The second kappa shape index (κ2) is 5.17. The van der Waals surface area contributed by atoms with Crippen molar-refractivity contribution < 1.29 is 4.39 Å².